The maximum Gasteiger partial charge on any atom is 0.249 e. The van der Waals surface area contributed by atoms with E-state index < -0.39 is 61.5 Å². The van der Waals surface area contributed by atoms with Crippen LogP contribution in [0, 0.1) is 0 Å². The first-order valence-electron chi connectivity index (χ1n) is 21.6. The van der Waals surface area contributed by atoms with Crippen LogP contribution in [-0.2, 0) is 14.3 Å². The van der Waals surface area contributed by atoms with Crippen molar-refractivity contribution in [2.24, 2.45) is 0 Å². The molecule has 1 aliphatic rings. The number of unbranched alkanes of at least 4 members (excludes halogenated alkanes) is 20. The molecule has 0 aromatic rings. The molecule has 0 radical (unpaired) electrons. The lowest BCUT2D eigenvalue weighted by Gasteiger charge is -2.40. The van der Waals surface area contributed by atoms with Gasteiger partial charge < -0.3 is 45.4 Å². The Morgan fingerprint density at radius 3 is 1.75 bits per heavy atom. The monoisotopic (exact) mass is 756 g/mol. The molecular formula is C43H81NO9. The summed E-state index contributed by atoms with van der Waals surface area (Å²) in [6, 6.07) is -0.994. The lowest BCUT2D eigenvalue weighted by atomic mass is 9.99. The second kappa shape index (κ2) is 32.8. The number of carbonyl (C=O) groups is 1. The summed E-state index contributed by atoms with van der Waals surface area (Å²) in [5.74, 6) is -0.626. The normalized spacial score (nSPS) is 22.7. The third kappa shape index (κ3) is 24.0. The third-order valence-electron chi connectivity index (χ3n) is 10.5. The van der Waals surface area contributed by atoms with Gasteiger partial charge >= 0.3 is 0 Å². The first-order valence-corrected chi connectivity index (χ1v) is 21.6. The van der Waals surface area contributed by atoms with Crippen LogP contribution in [0.15, 0.2) is 23.8 Å². The van der Waals surface area contributed by atoms with Crippen molar-refractivity contribution in [1.82, 2.24) is 5.32 Å². The Morgan fingerprint density at radius 1 is 0.717 bits per heavy atom. The molecular weight excluding hydrogens is 674 g/mol. The largest absolute Gasteiger partial charge is 0.394 e. The molecule has 1 amide bonds. The fourth-order valence-electron chi connectivity index (χ4n) is 6.83. The van der Waals surface area contributed by atoms with E-state index in [4.69, 9.17) is 9.47 Å². The van der Waals surface area contributed by atoms with Crippen LogP contribution in [0.1, 0.15) is 181 Å². The van der Waals surface area contributed by atoms with E-state index in [-0.39, 0.29) is 6.61 Å². The van der Waals surface area contributed by atoms with Gasteiger partial charge in [-0.1, -0.05) is 166 Å². The number of aliphatic hydroxyl groups is 6. The van der Waals surface area contributed by atoms with Crippen molar-refractivity contribution in [2.45, 2.75) is 230 Å². The molecule has 5 unspecified atom stereocenters. The molecule has 10 nitrogen and oxygen atoms in total. The molecule has 8 atom stereocenters. The third-order valence-corrected chi connectivity index (χ3v) is 10.5. The topological polar surface area (TPSA) is 169 Å². The summed E-state index contributed by atoms with van der Waals surface area (Å²) in [4.78, 5) is 13.0. The molecule has 1 aliphatic heterocycles. The van der Waals surface area contributed by atoms with Crippen molar-refractivity contribution in [3.05, 3.63) is 23.8 Å². The molecule has 0 saturated carbocycles. The number of nitrogens with one attached hydrogen (secondary N) is 1. The van der Waals surface area contributed by atoms with Gasteiger partial charge in [-0.2, -0.15) is 0 Å². The SMILES string of the molecule is CCCCCCCCCCCCCCCCC(O)C(=O)NC(CO[C@@H]1OC(CO)[C@H](O)C(O)[C@@H]1O)C(O)/C=C/CC/C=C(\C)CCCCCCCCC. The minimum absolute atomic E-state index is 0.306. The Morgan fingerprint density at radius 2 is 1.23 bits per heavy atom. The van der Waals surface area contributed by atoms with Gasteiger partial charge in [-0.05, 0) is 39.0 Å². The summed E-state index contributed by atoms with van der Waals surface area (Å²) in [5, 5.41) is 64.6. The highest BCUT2D eigenvalue weighted by Gasteiger charge is 2.44. The Labute approximate surface area is 322 Å². The van der Waals surface area contributed by atoms with Crippen LogP contribution in [0.3, 0.4) is 0 Å². The molecule has 1 heterocycles. The lowest BCUT2D eigenvalue weighted by molar-refractivity contribution is -0.302. The standard InChI is InChI=1S/C43H81NO9/c1-4-6-8-10-12-13-14-15-16-17-18-20-22-26-31-37(47)42(51)44-35(33-52-43-41(50)40(49)39(48)38(32-45)53-43)36(46)30-27-23-25-29-34(3)28-24-21-19-11-9-7-5-2/h27,29-30,35-41,43,45-50H,4-26,28,31-33H2,1-3H3,(H,44,51)/b30-27+,34-29+/t35?,36?,37?,38?,39-,40?,41-,43+/m0/s1. The van der Waals surface area contributed by atoms with Crippen LogP contribution in [0.4, 0.5) is 0 Å². The van der Waals surface area contributed by atoms with Crippen molar-refractivity contribution >= 4 is 5.91 Å². The van der Waals surface area contributed by atoms with Gasteiger partial charge in [-0.25, -0.2) is 0 Å². The van der Waals surface area contributed by atoms with Crippen LogP contribution in [0.2, 0.25) is 0 Å². The summed E-state index contributed by atoms with van der Waals surface area (Å²) < 4.78 is 11.1. The van der Waals surface area contributed by atoms with E-state index in [9.17, 15) is 35.4 Å². The van der Waals surface area contributed by atoms with Crippen LogP contribution in [-0.4, -0.2) is 98.7 Å². The Bertz CT molecular complexity index is 929. The summed E-state index contributed by atoms with van der Waals surface area (Å²) in [5.41, 5.74) is 1.36. The number of ether oxygens (including phenoxy) is 2. The maximum atomic E-state index is 13.0. The highest BCUT2D eigenvalue weighted by atomic mass is 16.7. The van der Waals surface area contributed by atoms with E-state index in [1.54, 1.807) is 6.08 Å². The van der Waals surface area contributed by atoms with Gasteiger partial charge in [0.1, 0.15) is 30.5 Å². The fraction of sp³-hybridized carbons (Fsp3) is 0.884. The zero-order valence-electron chi connectivity index (χ0n) is 33.9. The Balaban J connectivity index is 2.54. The molecule has 1 rings (SSSR count). The predicted molar refractivity (Wildman–Crippen MR) is 213 cm³/mol. The number of rotatable bonds is 34. The summed E-state index contributed by atoms with van der Waals surface area (Å²) >= 11 is 0. The highest BCUT2D eigenvalue weighted by Crippen LogP contribution is 2.23. The summed E-state index contributed by atoms with van der Waals surface area (Å²) in [6.45, 7) is 5.72. The number of amides is 1. The van der Waals surface area contributed by atoms with Crippen LogP contribution in [0.5, 0.6) is 0 Å². The van der Waals surface area contributed by atoms with Gasteiger partial charge in [0.05, 0.1) is 25.4 Å². The average molecular weight is 756 g/mol. The molecule has 0 aromatic carbocycles. The van der Waals surface area contributed by atoms with Gasteiger partial charge in [0, 0.05) is 0 Å². The van der Waals surface area contributed by atoms with Crippen molar-refractivity contribution < 1.29 is 44.9 Å². The van der Waals surface area contributed by atoms with Gasteiger partial charge in [0.2, 0.25) is 5.91 Å². The van der Waals surface area contributed by atoms with E-state index in [0.717, 1.165) is 32.1 Å². The van der Waals surface area contributed by atoms with Crippen molar-refractivity contribution in [3.63, 3.8) is 0 Å². The predicted octanol–water partition coefficient (Wildman–Crippen LogP) is 7.30. The molecule has 1 saturated heterocycles. The molecule has 0 spiro atoms. The summed E-state index contributed by atoms with van der Waals surface area (Å²) in [7, 11) is 0. The average Bonchev–Trinajstić information content (AvgIpc) is 3.15. The van der Waals surface area contributed by atoms with E-state index in [0.29, 0.717) is 19.3 Å². The molecule has 0 bridgehead atoms. The quantitative estimate of drug-likeness (QED) is 0.0263. The van der Waals surface area contributed by atoms with E-state index >= 15 is 0 Å². The molecule has 53 heavy (non-hydrogen) atoms. The van der Waals surface area contributed by atoms with E-state index in [2.05, 4.69) is 32.2 Å². The Kier molecular flexibility index (Phi) is 30.8. The minimum Gasteiger partial charge on any atom is -0.394 e. The zero-order chi connectivity index (χ0) is 39.1. The van der Waals surface area contributed by atoms with Crippen molar-refractivity contribution in [2.75, 3.05) is 13.2 Å². The fourth-order valence-corrected chi connectivity index (χ4v) is 6.83. The molecule has 10 heteroatoms. The summed E-state index contributed by atoms with van der Waals surface area (Å²) in [6.07, 6.45) is 24.9. The minimum atomic E-state index is -1.61. The smallest absolute Gasteiger partial charge is 0.249 e. The molecule has 312 valence electrons. The first kappa shape index (κ1) is 49.6. The van der Waals surface area contributed by atoms with Gasteiger partial charge in [0.15, 0.2) is 6.29 Å². The number of carbonyl (C=O) groups excluding carboxylic acids is 1. The number of hydrogen-bond donors (Lipinski definition) is 7. The van der Waals surface area contributed by atoms with Crippen molar-refractivity contribution in [1.29, 1.82) is 0 Å². The second-order valence-corrected chi connectivity index (χ2v) is 15.5. The lowest BCUT2D eigenvalue weighted by Crippen LogP contribution is -2.60. The van der Waals surface area contributed by atoms with Crippen LogP contribution < -0.4 is 5.32 Å². The van der Waals surface area contributed by atoms with Crippen LogP contribution >= 0.6 is 0 Å². The number of hydrogen-bond acceptors (Lipinski definition) is 9. The molecule has 0 aromatic heterocycles. The Hall–Kier alpha value is -1.37. The number of allylic oxidation sites excluding steroid dienone is 3. The van der Waals surface area contributed by atoms with Gasteiger partial charge in [0.25, 0.3) is 0 Å². The maximum absolute atomic E-state index is 13.0. The van der Waals surface area contributed by atoms with Crippen LogP contribution in [0.25, 0.3) is 0 Å². The first-order chi connectivity index (χ1) is 25.7. The van der Waals surface area contributed by atoms with E-state index in [1.165, 1.54) is 115 Å². The molecule has 7 N–H and O–H groups in total. The van der Waals surface area contributed by atoms with Gasteiger partial charge in [-0.15, -0.1) is 0 Å². The number of aliphatic hydroxyl groups excluding tert-OH is 6. The highest BCUT2D eigenvalue weighted by molar-refractivity contribution is 5.80. The molecule has 1 fully saturated rings. The van der Waals surface area contributed by atoms with E-state index in [1.807, 2.05) is 6.08 Å². The zero-order valence-corrected chi connectivity index (χ0v) is 33.9. The van der Waals surface area contributed by atoms with Gasteiger partial charge in [-0.3, -0.25) is 4.79 Å². The molecule has 0 aliphatic carbocycles. The second-order valence-electron chi connectivity index (χ2n) is 15.5. The van der Waals surface area contributed by atoms with Crippen molar-refractivity contribution in [3.8, 4) is 0 Å².